The summed E-state index contributed by atoms with van der Waals surface area (Å²) in [5.74, 6) is 1.24. The Balaban J connectivity index is 1.66. The van der Waals surface area contributed by atoms with E-state index in [4.69, 9.17) is 0 Å². The van der Waals surface area contributed by atoms with Crippen molar-refractivity contribution in [3.05, 3.63) is 54.0 Å². The van der Waals surface area contributed by atoms with Gasteiger partial charge < -0.3 is 10.2 Å². The van der Waals surface area contributed by atoms with Crippen LogP contribution in [-0.2, 0) is 6.54 Å². The van der Waals surface area contributed by atoms with Gasteiger partial charge in [-0.3, -0.25) is 4.79 Å². The van der Waals surface area contributed by atoms with E-state index in [9.17, 15) is 4.79 Å². The van der Waals surface area contributed by atoms with Crippen LogP contribution in [0.2, 0.25) is 0 Å². The largest absolute Gasteiger partial charge is 0.366 e. The average molecular weight is 310 g/mol. The van der Waals surface area contributed by atoms with Gasteiger partial charge in [0, 0.05) is 25.7 Å². The predicted octanol–water partition coefficient (Wildman–Crippen LogP) is 2.96. The molecule has 1 fully saturated rings. The number of hydrogen-bond donors (Lipinski definition) is 1. The highest BCUT2D eigenvalue weighted by atomic mass is 16.2. The van der Waals surface area contributed by atoms with Crippen LogP contribution in [0.4, 0.5) is 5.82 Å². The van der Waals surface area contributed by atoms with Crippen molar-refractivity contribution in [2.24, 2.45) is 5.92 Å². The number of aromatic nitrogens is 2. The smallest absolute Gasteiger partial charge is 0.272 e. The fraction of sp³-hybridized carbons (Fsp3) is 0.389. The van der Waals surface area contributed by atoms with Gasteiger partial charge in [0.25, 0.3) is 5.91 Å². The van der Waals surface area contributed by atoms with Crippen LogP contribution in [-0.4, -0.2) is 33.9 Å². The number of piperidine rings is 1. The molecule has 3 rings (SSSR count). The van der Waals surface area contributed by atoms with Gasteiger partial charge in [-0.15, -0.1) is 0 Å². The molecule has 0 spiro atoms. The molecule has 1 atom stereocenters. The molecule has 1 amide bonds. The maximum atomic E-state index is 12.6. The molecule has 23 heavy (non-hydrogen) atoms. The quantitative estimate of drug-likeness (QED) is 0.943. The van der Waals surface area contributed by atoms with Gasteiger partial charge in [-0.2, -0.15) is 0 Å². The number of carbonyl (C=O) groups is 1. The second-order valence-electron chi connectivity index (χ2n) is 6.13. The van der Waals surface area contributed by atoms with Gasteiger partial charge in [0.05, 0.1) is 0 Å². The minimum Gasteiger partial charge on any atom is -0.366 e. The van der Waals surface area contributed by atoms with Crippen LogP contribution < -0.4 is 5.32 Å². The number of nitrogens with zero attached hydrogens (tertiary/aromatic N) is 3. The third kappa shape index (κ3) is 4.06. The van der Waals surface area contributed by atoms with Gasteiger partial charge in [0.15, 0.2) is 0 Å². The molecule has 0 radical (unpaired) electrons. The maximum Gasteiger partial charge on any atom is 0.272 e. The van der Waals surface area contributed by atoms with Gasteiger partial charge in [0.1, 0.15) is 17.8 Å². The fourth-order valence-electron chi connectivity index (χ4n) is 2.90. The van der Waals surface area contributed by atoms with Gasteiger partial charge in [-0.1, -0.05) is 37.3 Å². The van der Waals surface area contributed by atoms with E-state index in [0.29, 0.717) is 24.0 Å². The van der Waals surface area contributed by atoms with E-state index >= 15 is 0 Å². The molecule has 1 aliphatic heterocycles. The van der Waals surface area contributed by atoms with Crippen LogP contribution in [0.5, 0.6) is 0 Å². The Kier molecular flexibility index (Phi) is 4.86. The van der Waals surface area contributed by atoms with E-state index in [0.717, 1.165) is 19.5 Å². The van der Waals surface area contributed by atoms with E-state index in [1.165, 1.54) is 18.3 Å². The number of anilines is 1. The first-order chi connectivity index (χ1) is 11.2. The summed E-state index contributed by atoms with van der Waals surface area (Å²) in [6.45, 7) is 4.49. The standard InChI is InChI=1S/C18H22N4O/c1-14-6-5-9-22(12-14)18(23)16-10-17(21-13-20-16)19-11-15-7-3-2-4-8-15/h2-4,7-8,10,13-14H,5-6,9,11-12H2,1H3,(H,19,20,21). The summed E-state index contributed by atoms with van der Waals surface area (Å²) in [6.07, 6.45) is 3.71. The molecule has 0 aliphatic carbocycles. The van der Waals surface area contributed by atoms with E-state index in [-0.39, 0.29) is 5.91 Å². The first kappa shape index (κ1) is 15.5. The van der Waals surface area contributed by atoms with Crippen LogP contribution >= 0.6 is 0 Å². The Bertz CT molecular complexity index is 659. The topological polar surface area (TPSA) is 58.1 Å². The number of nitrogens with one attached hydrogen (secondary N) is 1. The zero-order valence-corrected chi connectivity index (χ0v) is 13.4. The zero-order valence-electron chi connectivity index (χ0n) is 13.4. The molecule has 5 heteroatoms. The van der Waals surface area contributed by atoms with Gasteiger partial charge in [0.2, 0.25) is 0 Å². The van der Waals surface area contributed by atoms with Crippen LogP contribution in [0, 0.1) is 5.92 Å². The van der Waals surface area contributed by atoms with E-state index in [1.54, 1.807) is 6.07 Å². The molecule has 120 valence electrons. The van der Waals surface area contributed by atoms with Crippen LogP contribution in [0.3, 0.4) is 0 Å². The maximum absolute atomic E-state index is 12.6. The summed E-state index contributed by atoms with van der Waals surface area (Å²) in [4.78, 5) is 22.8. The first-order valence-corrected chi connectivity index (χ1v) is 8.11. The normalized spacial score (nSPS) is 17.8. The Hall–Kier alpha value is -2.43. The van der Waals surface area contributed by atoms with Crippen molar-refractivity contribution < 1.29 is 4.79 Å². The highest BCUT2D eigenvalue weighted by Gasteiger charge is 2.23. The molecule has 1 unspecified atom stereocenters. The van der Waals surface area contributed by atoms with Crippen molar-refractivity contribution in [1.82, 2.24) is 14.9 Å². The van der Waals surface area contributed by atoms with Crippen molar-refractivity contribution >= 4 is 11.7 Å². The number of benzene rings is 1. The molecule has 1 saturated heterocycles. The third-order valence-electron chi connectivity index (χ3n) is 4.15. The summed E-state index contributed by atoms with van der Waals surface area (Å²) < 4.78 is 0. The van der Waals surface area contributed by atoms with Crippen LogP contribution in [0.15, 0.2) is 42.7 Å². The molecular weight excluding hydrogens is 288 g/mol. The molecule has 0 bridgehead atoms. The monoisotopic (exact) mass is 310 g/mol. The minimum absolute atomic E-state index is 0.00158. The lowest BCUT2D eigenvalue weighted by atomic mass is 10.00. The summed E-state index contributed by atoms with van der Waals surface area (Å²) in [5, 5.41) is 3.25. The van der Waals surface area contributed by atoms with Crippen LogP contribution in [0.25, 0.3) is 0 Å². The Labute approximate surface area is 136 Å². The SMILES string of the molecule is CC1CCCN(C(=O)c2cc(NCc3ccccc3)ncn2)C1. The number of amides is 1. The molecule has 1 N–H and O–H groups in total. The Morgan fingerprint density at radius 1 is 1.30 bits per heavy atom. The fourth-order valence-corrected chi connectivity index (χ4v) is 2.90. The highest BCUT2D eigenvalue weighted by Crippen LogP contribution is 2.18. The minimum atomic E-state index is 0.00158. The Morgan fingerprint density at radius 3 is 2.91 bits per heavy atom. The van der Waals surface area contributed by atoms with Gasteiger partial charge in [-0.25, -0.2) is 9.97 Å². The second kappa shape index (κ2) is 7.22. The van der Waals surface area contributed by atoms with Crippen LogP contribution in [0.1, 0.15) is 35.8 Å². The number of carbonyl (C=O) groups excluding carboxylic acids is 1. The number of hydrogen-bond acceptors (Lipinski definition) is 4. The molecule has 2 heterocycles. The van der Waals surface area contributed by atoms with Gasteiger partial charge in [-0.05, 0) is 24.3 Å². The summed E-state index contributed by atoms with van der Waals surface area (Å²) in [5.41, 5.74) is 1.63. The molecule has 5 nitrogen and oxygen atoms in total. The first-order valence-electron chi connectivity index (χ1n) is 8.11. The highest BCUT2D eigenvalue weighted by molar-refractivity contribution is 5.93. The number of likely N-dealkylation sites (tertiary alicyclic amines) is 1. The summed E-state index contributed by atoms with van der Waals surface area (Å²) in [7, 11) is 0. The Morgan fingerprint density at radius 2 is 2.13 bits per heavy atom. The molecule has 2 aromatic rings. The van der Waals surface area contributed by atoms with Crippen molar-refractivity contribution in [1.29, 1.82) is 0 Å². The molecule has 1 aliphatic rings. The molecule has 1 aromatic carbocycles. The average Bonchev–Trinajstić information content (AvgIpc) is 2.60. The van der Waals surface area contributed by atoms with Crippen molar-refractivity contribution in [2.75, 3.05) is 18.4 Å². The van der Waals surface area contributed by atoms with E-state index in [1.807, 2.05) is 23.1 Å². The lowest BCUT2D eigenvalue weighted by Crippen LogP contribution is -2.39. The summed E-state index contributed by atoms with van der Waals surface area (Å²) >= 11 is 0. The summed E-state index contributed by atoms with van der Waals surface area (Å²) in [6, 6.07) is 11.8. The third-order valence-corrected chi connectivity index (χ3v) is 4.15. The lowest BCUT2D eigenvalue weighted by molar-refractivity contribution is 0.0677. The number of rotatable bonds is 4. The molecule has 1 aromatic heterocycles. The van der Waals surface area contributed by atoms with Crippen molar-refractivity contribution in [3.63, 3.8) is 0 Å². The zero-order chi connectivity index (χ0) is 16.1. The van der Waals surface area contributed by atoms with E-state index < -0.39 is 0 Å². The van der Waals surface area contributed by atoms with Crippen molar-refractivity contribution in [3.8, 4) is 0 Å². The lowest BCUT2D eigenvalue weighted by Gasteiger charge is -2.30. The van der Waals surface area contributed by atoms with Gasteiger partial charge >= 0.3 is 0 Å². The van der Waals surface area contributed by atoms with E-state index in [2.05, 4.69) is 34.3 Å². The molecule has 0 saturated carbocycles. The predicted molar refractivity (Wildman–Crippen MR) is 90.1 cm³/mol. The second-order valence-corrected chi connectivity index (χ2v) is 6.13. The molecular formula is C18H22N4O. The van der Waals surface area contributed by atoms with Crippen molar-refractivity contribution in [2.45, 2.75) is 26.3 Å².